The molecule has 1 atom stereocenters. The van der Waals surface area contributed by atoms with Crippen molar-refractivity contribution < 1.29 is 17.9 Å². The Morgan fingerprint density at radius 1 is 1.03 bits per heavy atom. The normalized spacial score (nSPS) is 12.8. The summed E-state index contributed by atoms with van der Waals surface area (Å²) < 4.78 is 34.2. The van der Waals surface area contributed by atoms with E-state index >= 15 is 0 Å². The summed E-state index contributed by atoms with van der Waals surface area (Å²) in [6.45, 7) is 1.92. The van der Waals surface area contributed by atoms with Crippen LogP contribution in [0, 0.1) is 0 Å². The van der Waals surface area contributed by atoms with Gasteiger partial charge in [0.15, 0.2) is 0 Å². The van der Waals surface area contributed by atoms with Crippen LogP contribution in [0.1, 0.15) is 24.9 Å². The van der Waals surface area contributed by atoms with Crippen molar-refractivity contribution in [3.05, 3.63) is 84.4 Å². The molecule has 0 saturated carbocycles. The van der Waals surface area contributed by atoms with Gasteiger partial charge in [0.05, 0.1) is 29.7 Å². The molecule has 172 valence electrons. The topological polar surface area (TPSA) is 111 Å². The van der Waals surface area contributed by atoms with Crippen molar-refractivity contribution in [2.75, 3.05) is 6.61 Å². The lowest BCUT2D eigenvalue weighted by Gasteiger charge is -2.19. The molecular weight excluding hydrogens is 458 g/mol. The van der Waals surface area contributed by atoms with Gasteiger partial charge in [-0.05, 0) is 53.0 Å². The third kappa shape index (κ3) is 6.85. The largest absolute Gasteiger partial charge is 0.743 e. The van der Waals surface area contributed by atoms with Gasteiger partial charge in [-0.1, -0.05) is 54.6 Å². The van der Waals surface area contributed by atoms with Crippen LogP contribution in [0.15, 0.2) is 88.8 Å². The van der Waals surface area contributed by atoms with Gasteiger partial charge in [0.1, 0.15) is 0 Å². The van der Waals surface area contributed by atoms with Crippen molar-refractivity contribution in [3.8, 4) is 11.1 Å². The molecule has 0 aromatic heterocycles. The Morgan fingerprint density at radius 3 is 2.36 bits per heavy atom. The molecule has 3 rings (SSSR count). The number of carbonyl (C=O) groups is 1. The third-order valence-electron chi connectivity index (χ3n) is 4.74. The minimum absolute atomic E-state index is 0.0150. The molecule has 0 bridgehead atoms. The van der Waals surface area contributed by atoms with E-state index in [1.54, 1.807) is 67.6 Å². The minimum atomic E-state index is -3.95. The van der Waals surface area contributed by atoms with Crippen molar-refractivity contribution in [1.82, 2.24) is 4.72 Å². The molecule has 0 heterocycles. The van der Waals surface area contributed by atoms with Crippen LogP contribution in [0.2, 0.25) is 0 Å². The average molecular weight is 483 g/mol. The van der Waals surface area contributed by atoms with Gasteiger partial charge in [-0.3, -0.25) is 9.79 Å². The Labute approximate surface area is 199 Å². The molecule has 0 aliphatic rings. The highest BCUT2D eigenvalue weighted by Crippen LogP contribution is 2.27. The van der Waals surface area contributed by atoms with E-state index in [0.29, 0.717) is 16.8 Å². The third-order valence-corrected chi connectivity index (χ3v) is 6.30. The summed E-state index contributed by atoms with van der Waals surface area (Å²) in [7, 11) is -3.95. The number of nitrogens with zero attached hydrogens (tertiary/aromatic N) is 1. The van der Waals surface area contributed by atoms with Crippen LogP contribution in [0.25, 0.3) is 11.1 Å². The van der Waals surface area contributed by atoms with Gasteiger partial charge in [-0.25, -0.2) is 13.1 Å². The van der Waals surface area contributed by atoms with Gasteiger partial charge in [-0.2, -0.15) is 0 Å². The molecule has 3 aromatic rings. The van der Waals surface area contributed by atoms with E-state index < -0.39 is 22.0 Å². The van der Waals surface area contributed by atoms with E-state index in [0.717, 1.165) is 5.56 Å². The zero-order valence-corrected chi connectivity index (χ0v) is 19.6. The van der Waals surface area contributed by atoms with Crippen LogP contribution in [0.5, 0.6) is 0 Å². The number of ether oxygens (including phenoxy) is 1. The number of amidine groups is 1. The predicted octanol–water partition coefficient (Wildman–Crippen LogP) is 3.82. The van der Waals surface area contributed by atoms with Crippen LogP contribution in [0.4, 0.5) is 5.69 Å². The summed E-state index contributed by atoms with van der Waals surface area (Å²) >= 11 is 4.82. The quantitative estimate of drug-likeness (QED) is 0.208. The Hall–Kier alpha value is -3.27. The zero-order valence-electron chi connectivity index (χ0n) is 18.0. The van der Waals surface area contributed by atoms with E-state index in [2.05, 4.69) is 9.71 Å². The fourth-order valence-corrected chi connectivity index (χ4v) is 4.66. The summed E-state index contributed by atoms with van der Waals surface area (Å²) in [5.41, 5.74) is 8.16. The van der Waals surface area contributed by atoms with Gasteiger partial charge < -0.3 is 23.1 Å². The molecule has 3 N–H and O–H groups in total. The molecule has 33 heavy (non-hydrogen) atoms. The molecule has 0 radical (unpaired) electrons. The van der Waals surface area contributed by atoms with Gasteiger partial charge in [-0.15, -0.1) is 0 Å². The number of nitrogens with one attached hydrogen (secondary N) is 1. The second-order valence-corrected chi connectivity index (χ2v) is 9.25. The van der Waals surface area contributed by atoms with Gasteiger partial charge >= 0.3 is 5.97 Å². The highest BCUT2D eigenvalue weighted by atomic mass is 32.2. The molecule has 9 heteroatoms. The molecule has 0 saturated heterocycles. The monoisotopic (exact) mass is 482 g/mol. The number of benzene rings is 3. The molecule has 0 spiro atoms. The Balaban J connectivity index is 1.92. The Kier molecular flexibility index (Phi) is 8.16. The standard InChI is InChI=1S/C24H25N3O4S2/c1-2-31-23(28)16-22(17-8-4-3-5-9-17)27-33(29,30)21-13-7-11-19(15-21)18-10-6-12-20(14-18)26-24(25)32/h3-15,22,27H,2,16H2,1H3,(H3,25,26,32)/p-1. The smallest absolute Gasteiger partial charge is 0.307 e. The first kappa shape index (κ1) is 24.4. The molecule has 0 aliphatic carbocycles. The number of esters is 1. The van der Waals surface area contributed by atoms with E-state index in [9.17, 15) is 13.2 Å². The van der Waals surface area contributed by atoms with Crippen molar-refractivity contribution in [2.45, 2.75) is 24.3 Å². The lowest BCUT2D eigenvalue weighted by atomic mass is 10.1. The summed E-state index contributed by atoms with van der Waals surface area (Å²) in [5.74, 6) is -0.485. The molecule has 0 fully saturated rings. The molecule has 1 unspecified atom stereocenters. The highest BCUT2D eigenvalue weighted by molar-refractivity contribution is 7.89. The maximum absolute atomic E-state index is 13.2. The fraction of sp³-hybridized carbons (Fsp3) is 0.167. The number of nitrogens with two attached hydrogens (primary N) is 1. The highest BCUT2D eigenvalue weighted by Gasteiger charge is 2.24. The van der Waals surface area contributed by atoms with Crippen molar-refractivity contribution in [3.63, 3.8) is 0 Å². The van der Waals surface area contributed by atoms with Crippen LogP contribution in [-0.4, -0.2) is 26.2 Å². The number of sulfonamides is 1. The molecule has 0 aliphatic heterocycles. The Bertz CT molecular complexity index is 1240. The fourth-order valence-electron chi connectivity index (χ4n) is 3.28. The van der Waals surface area contributed by atoms with Gasteiger partial charge in [0, 0.05) is 0 Å². The number of hydrogen-bond donors (Lipinski definition) is 2. The summed E-state index contributed by atoms with van der Waals surface area (Å²) in [6.07, 6.45) is -0.126. The van der Waals surface area contributed by atoms with Crippen LogP contribution in [-0.2, 0) is 32.2 Å². The maximum atomic E-state index is 13.2. The number of aliphatic imine (C=N–C) groups is 1. The number of rotatable bonds is 9. The first-order valence-corrected chi connectivity index (χ1v) is 12.1. The number of carbonyl (C=O) groups excluding carboxylic acids is 1. The summed E-state index contributed by atoms with van der Waals surface area (Å²) in [6, 6.07) is 21.8. The lowest BCUT2D eigenvalue weighted by molar-refractivity contribution is -0.143. The van der Waals surface area contributed by atoms with Crippen LogP contribution >= 0.6 is 0 Å². The van der Waals surface area contributed by atoms with Gasteiger partial charge in [0.25, 0.3) is 0 Å². The average Bonchev–Trinajstić information content (AvgIpc) is 2.79. The molecule has 0 amide bonds. The van der Waals surface area contributed by atoms with E-state index in [1.165, 1.54) is 6.07 Å². The second-order valence-electron chi connectivity index (χ2n) is 7.12. The van der Waals surface area contributed by atoms with Crippen LogP contribution < -0.4 is 10.5 Å². The van der Waals surface area contributed by atoms with Crippen molar-refractivity contribution in [1.29, 1.82) is 0 Å². The SMILES string of the molecule is CCOC(=O)CC(NS(=O)(=O)c1cccc(-c2cccc(N=C(N)[S-])c2)c1)c1ccccc1. The van der Waals surface area contributed by atoms with E-state index in [4.69, 9.17) is 23.1 Å². The first-order chi connectivity index (χ1) is 15.8. The summed E-state index contributed by atoms with van der Waals surface area (Å²) in [4.78, 5) is 16.3. The molecule has 3 aromatic carbocycles. The Morgan fingerprint density at radius 2 is 1.70 bits per heavy atom. The minimum Gasteiger partial charge on any atom is -0.743 e. The first-order valence-electron chi connectivity index (χ1n) is 10.2. The zero-order chi connectivity index (χ0) is 23.8. The van der Waals surface area contributed by atoms with E-state index in [1.807, 2.05) is 12.1 Å². The van der Waals surface area contributed by atoms with Crippen molar-refractivity contribution in [2.24, 2.45) is 10.7 Å². The second kappa shape index (κ2) is 11.0. The summed E-state index contributed by atoms with van der Waals surface area (Å²) in [5, 5.41) is 0.0150. The van der Waals surface area contributed by atoms with Gasteiger partial charge in [0.2, 0.25) is 10.0 Å². The van der Waals surface area contributed by atoms with Crippen molar-refractivity contribution >= 4 is 39.5 Å². The maximum Gasteiger partial charge on any atom is 0.307 e. The molecule has 7 nitrogen and oxygen atoms in total. The lowest BCUT2D eigenvalue weighted by Crippen LogP contribution is -2.30. The molecular formula is C24H24N3O4S2-. The van der Waals surface area contributed by atoms with Crippen LogP contribution in [0.3, 0.4) is 0 Å². The number of hydrogen-bond acceptors (Lipinski definition) is 6. The predicted molar refractivity (Wildman–Crippen MR) is 131 cm³/mol. The van der Waals surface area contributed by atoms with E-state index in [-0.39, 0.29) is 23.1 Å².